The number of ether oxygens (including phenoxy) is 1. The summed E-state index contributed by atoms with van der Waals surface area (Å²) in [6, 6.07) is 6.13. The van der Waals surface area contributed by atoms with E-state index in [-0.39, 0.29) is 6.10 Å². The van der Waals surface area contributed by atoms with Crippen molar-refractivity contribution in [2.45, 2.75) is 18.9 Å². The summed E-state index contributed by atoms with van der Waals surface area (Å²) in [6.45, 7) is 3.74. The second kappa shape index (κ2) is 3.54. The van der Waals surface area contributed by atoms with Gasteiger partial charge in [-0.1, -0.05) is 28.6 Å². The lowest BCUT2D eigenvalue weighted by molar-refractivity contribution is 0.219. The highest BCUT2D eigenvalue weighted by Gasteiger charge is 2.16. The maximum Gasteiger partial charge on any atom is 0.123 e. The van der Waals surface area contributed by atoms with E-state index in [0.717, 1.165) is 23.1 Å². The summed E-state index contributed by atoms with van der Waals surface area (Å²) in [6.07, 6.45) is 4.16. The molecular formula is C11H11BrO. The van der Waals surface area contributed by atoms with E-state index in [1.807, 2.05) is 18.2 Å². The molecule has 0 unspecified atom stereocenters. The van der Waals surface area contributed by atoms with Crippen LogP contribution in [-0.4, -0.2) is 6.10 Å². The number of halogens is 1. The number of rotatable bonds is 1. The zero-order valence-electron chi connectivity index (χ0n) is 7.29. The molecule has 1 aromatic carbocycles. The molecule has 0 aromatic heterocycles. The fraction of sp³-hybridized carbons (Fsp3) is 0.273. The van der Waals surface area contributed by atoms with Crippen molar-refractivity contribution in [1.82, 2.24) is 0 Å². The third kappa shape index (κ3) is 1.78. The molecule has 1 aromatic rings. The van der Waals surface area contributed by atoms with Gasteiger partial charge < -0.3 is 4.74 Å². The molecular weight excluding hydrogens is 228 g/mol. The van der Waals surface area contributed by atoms with Crippen molar-refractivity contribution < 1.29 is 4.74 Å². The zero-order chi connectivity index (χ0) is 9.26. The Morgan fingerprint density at radius 2 is 2.38 bits per heavy atom. The molecule has 1 nitrogen and oxygen atoms in total. The van der Waals surface area contributed by atoms with Gasteiger partial charge in [0.1, 0.15) is 11.9 Å². The van der Waals surface area contributed by atoms with Crippen molar-refractivity contribution in [3.05, 3.63) is 40.9 Å². The lowest BCUT2D eigenvalue weighted by atomic mass is 10.0. The standard InChI is InChI=1S/C11H11BrO/c1-2-10-5-3-8-7-9(12)4-6-11(8)13-10/h2,4,6-7,10H,1,3,5H2/t10-/m0/s1. The smallest absolute Gasteiger partial charge is 0.123 e. The predicted molar refractivity (Wildman–Crippen MR) is 57.1 cm³/mol. The highest BCUT2D eigenvalue weighted by molar-refractivity contribution is 9.10. The maximum atomic E-state index is 5.70. The Morgan fingerprint density at radius 1 is 1.54 bits per heavy atom. The number of hydrogen-bond acceptors (Lipinski definition) is 1. The van der Waals surface area contributed by atoms with Crippen LogP contribution in [0.25, 0.3) is 0 Å². The summed E-state index contributed by atoms with van der Waals surface area (Å²) in [5.74, 6) is 0.999. The number of fused-ring (bicyclic) bond motifs is 1. The van der Waals surface area contributed by atoms with E-state index in [4.69, 9.17) is 4.74 Å². The third-order valence-corrected chi connectivity index (χ3v) is 2.76. The Kier molecular flexibility index (Phi) is 2.40. The molecule has 13 heavy (non-hydrogen) atoms. The largest absolute Gasteiger partial charge is 0.486 e. The summed E-state index contributed by atoms with van der Waals surface area (Å²) < 4.78 is 6.81. The molecule has 0 amide bonds. The first-order chi connectivity index (χ1) is 6.29. The topological polar surface area (TPSA) is 9.23 Å². The maximum absolute atomic E-state index is 5.70. The molecule has 68 valence electrons. The van der Waals surface area contributed by atoms with Gasteiger partial charge in [-0.05, 0) is 36.6 Å². The molecule has 0 radical (unpaired) electrons. The van der Waals surface area contributed by atoms with Gasteiger partial charge in [-0.25, -0.2) is 0 Å². The van der Waals surface area contributed by atoms with Gasteiger partial charge in [-0.15, -0.1) is 0 Å². The summed E-state index contributed by atoms with van der Waals surface area (Å²) >= 11 is 3.45. The Hall–Kier alpha value is -0.760. The van der Waals surface area contributed by atoms with E-state index in [9.17, 15) is 0 Å². The third-order valence-electron chi connectivity index (χ3n) is 2.26. The average Bonchev–Trinajstić information content (AvgIpc) is 2.17. The van der Waals surface area contributed by atoms with E-state index in [0.29, 0.717) is 0 Å². The van der Waals surface area contributed by atoms with Crippen molar-refractivity contribution in [1.29, 1.82) is 0 Å². The van der Waals surface area contributed by atoms with Crippen LogP contribution in [-0.2, 0) is 6.42 Å². The van der Waals surface area contributed by atoms with Gasteiger partial charge in [0.2, 0.25) is 0 Å². The molecule has 1 atom stereocenters. The van der Waals surface area contributed by atoms with Gasteiger partial charge in [-0.2, -0.15) is 0 Å². The second-order valence-corrected chi connectivity index (χ2v) is 4.10. The zero-order valence-corrected chi connectivity index (χ0v) is 8.88. The van der Waals surface area contributed by atoms with Crippen LogP contribution in [0.3, 0.4) is 0 Å². The molecule has 0 bridgehead atoms. The van der Waals surface area contributed by atoms with E-state index in [1.54, 1.807) is 0 Å². The van der Waals surface area contributed by atoms with Crippen LogP contribution in [0, 0.1) is 0 Å². The normalized spacial score (nSPS) is 20.2. The van der Waals surface area contributed by atoms with Gasteiger partial charge in [-0.3, -0.25) is 0 Å². The predicted octanol–water partition coefficient (Wildman–Crippen LogP) is 3.33. The van der Waals surface area contributed by atoms with Crippen molar-refractivity contribution in [2.24, 2.45) is 0 Å². The van der Waals surface area contributed by atoms with Crippen molar-refractivity contribution in [3.8, 4) is 5.75 Å². The fourth-order valence-electron chi connectivity index (χ4n) is 1.54. The van der Waals surface area contributed by atoms with Gasteiger partial charge in [0.15, 0.2) is 0 Å². The fourth-order valence-corrected chi connectivity index (χ4v) is 1.95. The minimum absolute atomic E-state index is 0.189. The first kappa shape index (κ1) is 8.82. The van der Waals surface area contributed by atoms with E-state index in [1.165, 1.54) is 5.56 Å². The summed E-state index contributed by atoms with van der Waals surface area (Å²) in [7, 11) is 0. The molecule has 0 N–H and O–H groups in total. The molecule has 0 spiro atoms. The minimum atomic E-state index is 0.189. The molecule has 2 heteroatoms. The first-order valence-electron chi connectivity index (χ1n) is 4.37. The molecule has 2 rings (SSSR count). The Balaban J connectivity index is 2.31. The Labute approximate surface area is 86.5 Å². The van der Waals surface area contributed by atoms with Crippen LogP contribution in [0.4, 0.5) is 0 Å². The Bertz CT molecular complexity index is 333. The van der Waals surface area contributed by atoms with E-state index in [2.05, 4.69) is 28.6 Å². The first-order valence-corrected chi connectivity index (χ1v) is 5.16. The van der Waals surface area contributed by atoms with Crippen LogP contribution in [0.15, 0.2) is 35.3 Å². The average molecular weight is 239 g/mol. The minimum Gasteiger partial charge on any atom is -0.486 e. The summed E-state index contributed by atoms with van der Waals surface area (Å²) in [4.78, 5) is 0. The molecule has 1 aliphatic rings. The van der Waals surface area contributed by atoms with Crippen LogP contribution in [0.2, 0.25) is 0 Å². The van der Waals surface area contributed by atoms with Crippen LogP contribution >= 0.6 is 15.9 Å². The van der Waals surface area contributed by atoms with Gasteiger partial charge in [0, 0.05) is 4.47 Å². The number of hydrogen-bond donors (Lipinski definition) is 0. The molecule has 1 aliphatic heterocycles. The molecule has 0 saturated carbocycles. The highest BCUT2D eigenvalue weighted by atomic mass is 79.9. The lowest BCUT2D eigenvalue weighted by Gasteiger charge is -2.23. The molecule has 0 saturated heterocycles. The summed E-state index contributed by atoms with van der Waals surface area (Å²) in [5.41, 5.74) is 1.28. The Morgan fingerprint density at radius 3 is 3.15 bits per heavy atom. The van der Waals surface area contributed by atoms with Crippen LogP contribution in [0.5, 0.6) is 5.75 Å². The van der Waals surface area contributed by atoms with Crippen LogP contribution in [0.1, 0.15) is 12.0 Å². The summed E-state index contributed by atoms with van der Waals surface area (Å²) in [5, 5.41) is 0. The quantitative estimate of drug-likeness (QED) is 0.683. The van der Waals surface area contributed by atoms with Gasteiger partial charge in [0.25, 0.3) is 0 Å². The van der Waals surface area contributed by atoms with E-state index < -0.39 is 0 Å². The number of aryl methyl sites for hydroxylation is 1. The van der Waals surface area contributed by atoms with Crippen molar-refractivity contribution in [3.63, 3.8) is 0 Å². The second-order valence-electron chi connectivity index (χ2n) is 3.18. The van der Waals surface area contributed by atoms with Crippen LogP contribution < -0.4 is 4.74 Å². The molecule has 1 heterocycles. The highest BCUT2D eigenvalue weighted by Crippen LogP contribution is 2.30. The number of benzene rings is 1. The van der Waals surface area contributed by atoms with E-state index >= 15 is 0 Å². The van der Waals surface area contributed by atoms with Gasteiger partial charge in [0.05, 0.1) is 0 Å². The van der Waals surface area contributed by atoms with Crippen molar-refractivity contribution >= 4 is 15.9 Å². The van der Waals surface area contributed by atoms with Crippen molar-refractivity contribution in [2.75, 3.05) is 0 Å². The monoisotopic (exact) mass is 238 g/mol. The SMILES string of the molecule is C=C[C@H]1CCc2cc(Br)ccc2O1. The molecule has 0 aliphatic carbocycles. The van der Waals surface area contributed by atoms with Gasteiger partial charge >= 0.3 is 0 Å². The lowest BCUT2D eigenvalue weighted by Crippen LogP contribution is -2.19. The molecule has 0 fully saturated rings.